The number of ether oxygens (including phenoxy) is 1. The van der Waals surface area contributed by atoms with Crippen LogP contribution in [-0.2, 0) is 9.53 Å². The molecular formula is C15H17BrN2O2S. The molecule has 0 amide bonds. The van der Waals surface area contributed by atoms with E-state index >= 15 is 0 Å². The van der Waals surface area contributed by atoms with Crippen LogP contribution in [-0.4, -0.2) is 18.2 Å². The van der Waals surface area contributed by atoms with Gasteiger partial charge in [-0.05, 0) is 30.3 Å². The van der Waals surface area contributed by atoms with Crippen LogP contribution in [0.2, 0.25) is 0 Å². The van der Waals surface area contributed by atoms with E-state index in [4.69, 9.17) is 17.0 Å². The SMILES string of the molecule is CCCC1=C(C(=O)OC)C(c2ccccc2Br)NC(=S)N1. The summed E-state index contributed by atoms with van der Waals surface area (Å²) in [6, 6.07) is 7.45. The zero-order valence-electron chi connectivity index (χ0n) is 11.9. The molecular weight excluding hydrogens is 352 g/mol. The standard InChI is InChI=1S/C15H17BrN2O2S/c1-3-6-11-12(14(19)20-2)13(18-15(21)17-11)9-7-4-5-8-10(9)16/h4-5,7-8,13H,3,6H2,1-2H3,(H2,17,18,21). The predicted octanol–water partition coefficient (Wildman–Crippen LogP) is 3.20. The van der Waals surface area contributed by atoms with Gasteiger partial charge >= 0.3 is 5.97 Å². The van der Waals surface area contributed by atoms with Crippen molar-refractivity contribution in [2.45, 2.75) is 25.8 Å². The summed E-state index contributed by atoms with van der Waals surface area (Å²) in [4.78, 5) is 12.2. The van der Waals surface area contributed by atoms with Gasteiger partial charge in [-0.25, -0.2) is 4.79 Å². The van der Waals surface area contributed by atoms with Gasteiger partial charge in [-0.3, -0.25) is 0 Å². The van der Waals surface area contributed by atoms with Crippen LogP contribution in [0.4, 0.5) is 0 Å². The van der Waals surface area contributed by atoms with Crippen LogP contribution in [0.25, 0.3) is 0 Å². The fraction of sp³-hybridized carbons (Fsp3) is 0.333. The minimum Gasteiger partial charge on any atom is -0.466 e. The Labute approximate surface area is 138 Å². The van der Waals surface area contributed by atoms with Crippen molar-refractivity contribution >= 4 is 39.2 Å². The van der Waals surface area contributed by atoms with E-state index in [0.29, 0.717) is 10.7 Å². The number of esters is 1. The van der Waals surface area contributed by atoms with Crippen molar-refractivity contribution < 1.29 is 9.53 Å². The van der Waals surface area contributed by atoms with Crippen molar-refractivity contribution in [1.82, 2.24) is 10.6 Å². The van der Waals surface area contributed by atoms with E-state index < -0.39 is 0 Å². The highest BCUT2D eigenvalue weighted by Crippen LogP contribution is 2.33. The molecule has 1 heterocycles. The van der Waals surface area contributed by atoms with Crippen LogP contribution in [0.3, 0.4) is 0 Å². The lowest BCUT2D eigenvalue weighted by Gasteiger charge is -2.31. The van der Waals surface area contributed by atoms with Crippen LogP contribution in [0.5, 0.6) is 0 Å². The Morgan fingerprint density at radius 3 is 2.76 bits per heavy atom. The maximum absolute atomic E-state index is 12.2. The second-order valence-electron chi connectivity index (χ2n) is 4.69. The van der Waals surface area contributed by atoms with Gasteiger partial charge in [-0.1, -0.05) is 47.5 Å². The van der Waals surface area contributed by atoms with Crippen molar-refractivity contribution in [2.24, 2.45) is 0 Å². The summed E-state index contributed by atoms with van der Waals surface area (Å²) in [6.07, 6.45) is 1.65. The molecule has 0 saturated carbocycles. The van der Waals surface area contributed by atoms with Crippen molar-refractivity contribution in [3.05, 3.63) is 45.6 Å². The number of halogens is 1. The topological polar surface area (TPSA) is 50.4 Å². The van der Waals surface area contributed by atoms with Gasteiger partial charge in [0.25, 0.3) is 0 Å². The number of allylic oxidation sites excluding steroid dienone is 1. The molecule has 6 heteroatoms. The van der Waals surface area contributed by atoms with Crippen LogP contribution < -0.4 is 10.6 Å². The number of hydrogen-bond acceptors (Lipinski definition) is 3. The third-order valence-electron chi connectivity index (χ3n) is 3.28. The van der Waals surface area contributed by atoms with Crippen molar-refractivity contribution in [3.8, 4) is 0 Å². The molecule has 0 radical (unpaired) electrons. The number of carbonyl (C=O) groups excluding carboxylic acids is 1. The third kappa shape index (κ3) is 3.44. The lowest BCUT2D eigenvalue weighted by Crippen LogP contribution is -2.45. The smallest absolute Gasteiger partial charge is 0.337 e. The zero-order chi connectivity index (χ0) is 15.4. The molecule has 1 aliphatic rings. The zero-order valence-corrected chi connectivity index (χ0v) is 14.3. The van der Waals surface area contributed by atoms with E-state index in [2.05, 4.69) is 33.5 Å². The van der Waals surface area contributed by atoms with E-state index in [9.17, 15) is 4.79 Å². The Bertz CT molecular complexity index is 601. The second-order valence-corrected chi connectivity index (χ2v) is 5.95. The highest BCUT2D eigenvalue weighted by Gasteiger charge is 2.32. The normalized spacial score (nSPS) is 18.0. The fourth-order valence-corrected chi connectivity index (χ4v) is 3.11. The number of methoxy groups -OCH3 is 1. The summed E-state index contributed by atoms with van der Waals surface area (Å²) in [6.45, 7) is 2.06. The molecule has 112 valence electrons. The molecule has 0 spiro atoms. The van der Waals surface area contributed by atoms with Crippen LogP contribution >= 0.6 is 28.1 Å². The monoisotopic (exact) mass is 368 g/mol. The maximum Gasteiger partial charge on any atom is 0.337 e. The highest BCUT2D eigenvalue weighted by molar-refractivity contribution is 9.10. The van der Waals surface area contributed by atoms with E-state index in [1.54, 1.807) is 0 Å². The van der Waals surface area contributed by atoms with Gasteiger partial charge < -0.3 is 15.4 Å². The number of thiocarbonyl (C=S) groups is 1. The number of rotatable bonds is 4. The fourth-order valence-electron chi connectivity index (χ4n) is 2.36. The number of hydrogen-bond donors (Lipinski definition) is 2. The Morgan fingerprint density at radius 2 is 2.14 bits per heavy atom. The highest BCUT2D eigenvalue weighted by atomic mass is 79.9. The molecule has 1 atom stereocenters. The first-order chi connectivity index (χ1) is 10.1. The van der Waals surface area contributed by atoms with E-state index in [1.165, 1.54) is 7.11 Å². The third-order valence-corrected chi connectivity index (χ3v) is 4.22. The van der Waals surface area contributed by atoms with E-state index in [1.807, 2.05) is 24.3 Å². The molecule has 0 fully saturated rings. The quantitative estimate of drug-likeness (QED) is 0.631. The van der Waals surface area contributed by atoms with Crippen LogP contribution in [0.15, 0.2) is 40.0 Å². The average molecular weight is 369 g/mol. The molecule has 0 aliphatic carbocycles. The Morgan fingerprint density at radius 1 is 1.43 bits per heavy atom. The summed E-state index contributed by atoms with van der Waals surface area (Å²) in [5.41, 5.74) is 2.36. The van der Waals surface area contributed by atoms with Gasteiger partial charge in [-0.2, -0.15) is 0 Å². The molecule has 2 rings (SSSR count). The first-order valence-corrected chi connectivity index (χ1v) is 7.91. The molecule has 1 unspecified atom stereocenters. The summed E-state index contributed by atoms with van der Waals surface area (Å²) in [5, 5.41) is 6.76. The lowest BCUT2D eigenvalue weighted by molar-refractivity contribution is -0.136. The van der Waals surface area contributed by atoms with Crippen LogP contribution in [0.1, 0.15) is 31.4 Å². The molecule has 0 bridgehead atoms. The van der Waals surface area contributed by atoms with E-state index in [0.717, 1.165) is 28.6 Å². The average Bonchev–Trinajstić information content (AvgIpc) is 2.47. The minimum atomic E-state index is -0.346. The molecule has 0 aromatic heterocycles. The van der Waals surface area contributed by atoms with Gasteiger partial charge in [-0.15, -0.1) is 0 Å². The largest absolute Gasteiger partial charge is 0.466 e. The molecule has 2 N–H and O–H groups in total. The van der Waals surface area contributed by atoms with Gasteiger partial charge in [0.05, 0.1) is 18.7 Å². The molecule has 4 nitrogen and oxygen atoms in total. The number of benzene rings is 1. The summed E-state index contributed by atoms with van der Waals surface area (Å²) >= 11 is 8.80. The summed E-state index contributed by atoms with van der Waals surface area (Å²) in [7, 11) is 1.39. The number of carbonyl (C=O) groups is 1. The minimum absolute atomic E-state index is 0.316. The second kappa shape index (κ2) is 7.04. The Hall–Kier alpha value is -1.40. The summed E-state index contributed by atoms with van der Waals surface area (Å²) in [5.74, 6) is -0.346. The molecule has 21 heavy (non-hydrogen) atoms. The lowest BCUT2D eigenvalue weighted by atomic mass is 9.94. The van der Waals surface area contributed by atoms with Crippen molar-refractivity contribution in [1.29, 1.82) is 0 Å². The van der Waals surface area contributed by atoms with Crippen molar-refractivity contribution in [3.63, 3.8) is 0 Å². The van der Waals surface area contributed by atoms with Crippen molar-refractivity contribution in [2.75, 3.05) is 7.11 Å². The molecule has 0 saturated heterocycles. The van der Waals surface area contributed by atoms with Gasteiger partial charge in [0, 0.05) is 10.2 Å². The predicted molar refractivity (Wildman–Crippen MR) is 89.7 cm³/mol. The maximum atomic E-state index is 12.2. The molecule has 1 aromatic carbocycles. The van der Waals surface area contributed by atoms with Gasteiger partial charge in [0.15, 0.2) is 5.11 Å². The van der Waals surface area contributed by atoms with Gasteiger partial charge in [0.1, 0.15) is 0 Å². The summed E-state index contributed by atoms with van der Waals surface area (Å²) < 4.78 is 5.88. The number of nitrogens with one attached hydrogen (secondary N) is 2. The Balaban J connectivity index is 2.55. The molecule has 1 aliphatic heterocycles. The first-order valence-electron chi connectivity index (χ1n) is 6.71. The van der Waals surface area contributed by atoms with Crippen LogP contribution in [0, 0.1) is 0 Å². The Kier molecular flexibility index (Phi) is 5.36. The van der Waals surface area contributed by atoms with Gasteiger partial charge in [0.2, 0.25) is 0 Å². The first kappa shape index (κ1) is 16.0. The molecule has 1 aromatic rings. The van der Waals surface area contributed by atoms with E-state index in [-0.39, 0.29) is 12.0 Å².